The van der Waals surface area contributed by atoms with Gasteiger partial charge in [-0.05, 0) is 36.8 Å². The Morgan fingerprint density at radius 2 is 2.05 bits per heavy atom. The van der Waals surface area contributed by atoms with Crippen LogP contribution < -0.4 is 10.6 Å². The number of hydrogen-bond acceptors (Lipinski definition) is 4. The minimum atomic E-state index is -0.364. The van der Waals surface area contributed by atoms with Crippen LogP contribution in [0.25, 0.3) is 0 Å². The molecule has 1 aromatic rings. The molecule has 3 atom stereocenters. The fourth-order valence-electron chi connectivity index (χ4n) is 3.51. The lowest BCUT2D eigenvalue weighted by Crippen LogP contribution is -2.55. The van der Waals surface area contributed by atoms with Gasteiger partial charge in [-0.25, -0.2) is 0 Å². The van der Waals surface area contributed by atoms with Crippen molar-refractivity contribution in [3.63, 3.8) is 0 Å². The number of hydrogen-bond donors (Lipinski definition) is 2. The summed E-state index contributed by atoms with van der Waals surface area (Å²) >= 11 is 0. The van der Waals surface area contributed by atoms with E-state index in [-0.39, 0.29) is 30.0 Å². The smallest absolute Gasteiger partial charge is 0.243 e. The number of rotatable bonds is 4. The topological polar surface area (TPSA) is 67.4 Å². The fourth-order valence-corrected chi connectivity index (χ4v) is 3.51. The van der Waals surface area contributed by atoms with Gasteiger partial charge in [-0.3, -0.25) is 20.2 Å². The lowest BCUT2D eigenvalue weighted by atomic mass is 9.81. The van der Waals surface area contributed by atoms with E-state index in [0.29, 0.717) is 12.8 Å². The van der Waals surface area contributed by atoms with Crippen LogP contribution in [0.15, 0.2) is 24.3 Å². The maximum absolute atomic E-state index is 11.9. The van der Waals surface area contributed by atoms with E-state index in [1.54, 1.807) is 7.11 Å². The van der Waals surface area contributed by atoms with E-state index in [1.165, 1.54) is 11.1 Å². The molecule has 0 radical (unpaired) electrons. The number of ether oxygens (including phenoxy) is 1. The van der Waals surface area contributed by atoms with E-state index in [1.807, 2.05) is 0 Å². The van der Waals surface area contributed by atoms with Gasteiger partial charge < -0.3 is 4.74 Å². The van der Waals surface area contributed by atoms with Gasteiger partial charge in [0.15, 0.2) is 0 Å². The molecule has 0 saturated carbocycles. The van der Waals surface area contributed by atoms with Crippen LogP contribution in [0.3, 0.4) is 0 Å². The van der Waals surface area contributed by atoms with Gasteiger partial charge in [0.1, 0.15) is 6.23 Å². The summed E-state index contributed by atoms with van der Waals surface area (Å²) in [5.74, 6) is -0.206. The Morgan fingerprint density at radius 3 is 2.82 bits per heavy atom. The molecule has 2 aliphatic rings. The van der Waals surface area contributed by atoms with Crippen molar-refractivity contribution in [1.29, 1.82) is 0 Å². The van der Waals surface area contributed by atoms with Crippen molar-refractivity contribution in [2.24, 2.45) is 0 Å². The molecule has 2 unspecified atom stereocenters. The molecule has 0 spiro atoms. The van der Waals surface area contributed by atoms with Crippen LogP contribution in [0.2, 0.25) is 0 Å². The zero-order valence-corrected chi connectivity index (χ0v) is 12.8. The predicted molar refractivity (Wildman–Crippen MR) is 82.2 cm³/mol. The maximum atomic E-state index is 11.9. The highest BCUT2D eigenvalue weighted by molar-refractivity contribution is 6.00. The molecule has 1 aliphatic carbocycles. The van der Waals surface area contributed by atoms with Gasteiger partial charge in [-0.15, -0.1) is 0 Å². The van der Waals surface area contributed by atoms with Crippen LogP contribution in [-0.2, 0) is 20.7 Å². The van der Waals surface area contributed by atoms with E-state index in [9.17, 15) is 9.59 Å². The minimum absolute atomic E-state index is 0.194. The molecule has 1 heterocycles. The largest absolute Gasteiger partial charge is 0.366 e. The molecule has 5 heteroatoms. The Morgan fingerprint density at radius 1 is 1.23 bits per heavy atom. The van der Waals surface area contributed by atoms with Crippen LogP contribution in [0.1, 0.15) is 42.7 Å². The number of carbonyl (C=O) groups excluding carboxylic acids is 2. The van der Waals surface area contributed by atoms with Crippen molar-refractivity contribution in [2.45, 2.75) is 50.3 Å². The molecular weight excluding hydrogens is 280 g/mol. The van der Waals surface area contributed by atoms with E-state index in [4.69, 9.17) is 4.74 Å². The number of fused-ring (bicyclic) bond motifs is 1. The lowest BCUT2D eigenvalue weighted by molar-refractivity contribution is -0.135. The van der Waals surface area contributed by atoms with Crippen molar-refractivity contribution < 1.29 is 14.3 Å². The molecule has 2 N–H and O–H groups in total. The van der Waals surface area contributed by atoms with Gasteiger partial charge in [0.2, 0.25) is 11.8 Å². The number of nitrogens with one attached hydrogen (secondary N) is 2. The molecule has 1 aliphatic heterocycles. The molecule has 3 rings (SSSR count). The number of piperidine rings is 1. The zero-order valence-electron chi connectivity index (χ0n) is 12.8. The van der Waals surface area contributed by atoms with Crippen LogP contribution in [-0.4, -0.2) is 31.2 Å². The van der Waals surface area contributed by atoms with Crippen molar-refractivity contribution in [2.75, 3.05) is 7.11 Å². The average Bonchev–Trinajstić information content (AvgIpc) is 2.54. The normalized spacial score (nSPS) is 26.2. The van der Waals surface area contributed by atoms with E-state index < -0.39 is 0 Å². The summed E-state index contributed by atoms with van der Waals surface area (Å²) in [5, 5.41) is 5.69. The van der Waals surface area contributed by atoms with Gasteiger partial charge in [-0.1, -0.05) is 24.3 Å². The Labute approximate surface area is 130 Å². The van der Waals surface area contributed by atoms with Gasteiger partial charge in [-0.2, -0.15) is 0 Å². The minimum Gasteiger partial charge on any atom is -0.366 e. The average molecular weight is 302 g/mol. The van der Waals surface area contributed by atoms with Gasteiger partial charge in [0.25, 0.3) is 0 Å². The SMILES string of the molecule is COC(NC1CCC(=O)NC1=O)[C@H]1CCCc2ccccc21. The number of carbonyl (C=O) groups is 2. The maximum Gasteiger partial charge on any atom is 0.243 e. The first-order valence-corrected chi connectivity index (χ1v) is 7.89. The number of imide groups is 1. The molecule has 1 saturated heterocycles. The number of methoxy groups -OCH3 is 1. The second-order valence-electron chi connectivity index (χ2n) is 6.02. The molecule has 1 aromatic carbocycles. The van der Waals surface area contributed by atoms with Crippen molar-refractivity contribution >= 4 is 11.8 Å². The van der Waals surface area contributed by atoms with Crippen molar-refractivity contribution in [3.8, 4) is 0 Å². The summed E-state index contributed by atoms with van der Waals surface area (Å²) in [7, 11) is 1.67. The van der Waals surface area contributed by atoms with Gasteiger partial charge in [0, 0.05) is 19.4 Å². The molecule has 22 heavy (non-hydrogen) atoms. The first-order chi connectivity index (χ1) is 10.7. The number of aryl methyl sites for hydroxylation is 1. The first kappa shape index (κ1) is 15.2. The molecule has 5 nitrogen and oxygen atoms in total. The van der Waals surface area contributed by atoms with Crippen LogP contribution >= 0.6 is 0 Å². The van der Waals surface area contributed by atoms with Gasteiger partial charge in [0.05, 0.1) is 6.04 Å². The summed E-state index contributed by atoms with van der Waals surface area (Å²) in [6.45, 7) is 0. The third kappa shape index (κ3) is 3.05. The van der Waals surface area contributed by atoms with Crippen LogP contribution in [0, 0.1) is 0 Å². The summed E-state index contributed by atoms with van der Waals surface area (Å²) in [5.41, 5.74) is 2.67. The highest BCUT2D eigenvalue weighted by Crippen LogP contribution is 2.34. The van der Waals surface area contributed by atoms with Crippen molar-refractivity contribution in [1.82, 2.24) is 10.6 Å². The summed E-state index contributed by atoms with van der Waals surface area (Å²) in [6, 6.07) is 8.07. The molecule has 1 fully saturated rings. The summed E-state index contributed by atoms with van der Waals surface area (Å²) in [6.07, 6.45) is 3.95. The standard InChI is InChI=1S/C17H22N2O3/c1-22-17(18-14-9-10-15(20)19-16(14)21)13-8-4-6-11-5-2-3-7-12(11)13/h2-3,5,7,13-14,17-18H,4,6,8-10H2,1H3,(H,19,20,21)/t13-,14?,17?/m0/s1. The quantitative estimate of drug-likeness (QED) is 0.653. The second kappa shape index (κ2) is 6.58. The summed E-state index contributed by atoms with van der Waals surface area (Å²) in [4.78, 5) is 23.2. The Bertz CT molecular complexity index is 573. The first-order valence-electron chi connectivity index (χ1n) is 7.89. The third-order valence-corrected chi connectivity index (χ3v) is 4.64. The van der Waals surface area contributed by atoms with E-state index in [0.717, 1.165) is 19.3 Å². The Hall–Kier alpha value is -1.72. The molecule has 0 aromatic heterocycles. The predicted octanol–water partition coefficient (Wildman–Crippen LogP) is 1.47. The van der Waals surface area contributed by atoms with Crippen LogP contribution in [0.4, 0.5) is 0 Å². The highest BCUT2D eigenvalue weighted by atomic mass is 16.5. The number of benzene rings is 1. The van der Waals surface area contributed by atoms with Crippen molar-refractivity contribution in [3.05, 3.63) is 35.4 Å². The third-order valence-electron chi connectivity index (χ3n) is 4.64. The lowest BCUT2D eigenvalue weighted by Gasteiger charge is -2.35. The second-order valence-corrected chi connectivity index (χ2v) is 6.02. The Balaban J connectivity index is 1.75. The fraction of sp³-hybridized carbons (Fsp3) is 0.529. The van der Waals surface area contributed by atoms with Crippen LogP contribution in [0.5, 0.6) is 0 Å². The number of amides is 2. The van der Waals surface area contributed by atoms with Gasteiger partial charge >= 0.3 is 0 Å². The highest BCUT2D eigenvalue weighted by Gasteiger charge is 2.33. The zero-order chi connectivity index (χ0) is 15.5. The summed E-state index contributed by atoms with van der Waals surface area (Å²) < 4.78 is 5.65. The molecular formula is C17H22N2O3. The van der Waals surface area contributed by atoms with E-state index in [2.05, 4.69) is 34.9 Å². The molecule has 118 valence electrons. The molecule has 2 amide bonds. The van der Waals surface area contributed by atoms with E-state index >= 15 is 0 Å². The Kier molecular flexibility index (Phi) is 4.55. The monoisotopic (exact) mass is 302 g/mol. The molecule has 0 bridgehead atoms.